The molecule has 1 rings (SSSR count). The average molecular weight is 436 g/mol. The van der Waals surface area contributed by atoms with Gasteiger partial charge >= 0.3 is 21.1 Å². The summed E-state index contributed by atoms with van der Waals surface area (Å²) >= 11 is 0. The summed E-state index contributed by atoms with van der Waals surface area (Å²) in [5.41, 5.74) is 1.39. The van der Waals surface area contributed by atoms with E-state index in [2.05, 4.69) is 31.3 Å². The van der Waals surface area contributed by atoms with Gasteiger partial charge in [0.25, 0.3) is 0 Å². The van der Waals surface area contributed by atoms with Crippen molar-refractivity contribution in [2.75, 3.05) is 7.11 Å². The maximum Gasteiger partial charge on any atom is 4.00 e. The summed E-state index contributed by atoms with van der Waals surface area (Å²) in [5.74, 6) is 0. The maximum atomic E-state index is 5.49. The van der Waals surface area contributed by atoms with Crippen molar-refractivity contribution in [2.45, 2.75) is 38.4 Å². The Kier molecular flexibility index (Phi) is 19.6. The van der Waals surface area contributed by atoms with Crippen LogP contribution in [0.1, 0.15) is 19.3 Å². The van der Waals surface area contributed by atoms with Crippen molar-refractivity contribution >= 4 is 8.32 Å². The molecule has 0 aromatic rings. The van der Waals surface area contributed by atoms with Gasteiger partial charge in [0.2, 0.25) is 0 Å². The van der Waals surface area contributed by atoms with E-state index < -0.39 is 8.32 Å². The molecule has 0 saturated heterocycles. The molecule has 0 saturated carbocycles. The van der Waals surface area contributed by atoms with Gasteiger partial charge in [-0.3, -0.25) is 6.08 Å². The molecule has 104 valence electrons. The molecule has 0 aromatic heterocycles. The molecule has 1 aliphatic carbocycles. The van der Waals surface area contributed by atoms with Crippen LogP contribution in [0.2, 0.25) is 19.1 Å². The first-order valence-corrected chi connectivity index (χ1v) is 8.07. The average Bonchev–Trinajstić information content (AvgIpc) is 2.57. The molecule has 0 atom stereocenters. The van der Waals surface area contributed by atoms with E-state index in [0.717, 1.165) is 6.42 Å². The van der Waals surface area contributed by atoms with Gasteiger partial charge in [0.05, 0.1) is 0 Å². The normalized spacial score (nSPS) is 12.5. The van der Waals surface area contributed by atoms with E-state index in [0.29, 0.717) is 0 Å². The summed E-state index contributed by atoms with van der Waals surface area (Å²) in [6, 6.07) is 1.25. The Hall–Kier alpha value is 0.345. The third kappa shape index (κ3) is 11.2. The molecular formula is C14H28OPtSi. The van der Waals surface area contributed by atoms with Crippen LogP contribution in [0.5, 0.6) is 0 Å². The molecule has 0 heterocycles. The zero-order valence-electron chi connectivity index (χ0n) is 12.2. The molecule has 0 spiro atoms. The first kappa shape index (κ1) is 26.0. The molecule has 0 aliphatic heterocycles. The zero-order chi connectivity index (χ0) is 9.73. The Morgan fingerprint density at radius 2 is 1.88 bits per heavy atom. The van der Waals surface area contributed by atoms with Crippen molar-refractivity contribution < 1.29 is 25.5 Å². The van der Waals surface area contributed by atoms with E-state index >= 15 is 0 Å². The van der Waals surface area contributed by atoms with Crippen LogP contribution in [0.15, 0.2) is 17.7 Å². The summed E-state index contributed by atoms with van der Waals surface area (Å²) in [6.45, 7) is 4.55. The molecule has 0 fully saturated rings. The second kappa shape index (κ2) is 12.8. The van der Waals surface area contributed by atoms with Gasteiger partial charge in [0, 0.05) is 7.11 Å². The molecule has 0 aromatic carbocycles. The number of hydrogen-bond donors (Lipinski definition) is 0. The standard InChI is InChI=1S/C11H19OSi.3CH3.Pt/c1-12-13(2,3)10-6-9-11-7-4-5-8-11;;;;/h4,7H,5-6,9-10H2,1-3H3;3*1H3;/q4*-1;+4. The van der Waals surface area contributed by atoms with Gasteiger partial charge in [-0.05, 0) is 19.1 Å². The van der Waals surface area contributed by atoms with Gasteiger partial charge < -0.3 is 26.7 Å². The van der Waals surface area contributed by atoms with E-state index in [1.54, 1.807) is 0 Å². The second-order valence-electron chi connectivity index (χ2n) is 4.13. The third-order valence-electron chi connectivity index (χ3n) is 2.54. The van der Waals surface area contributed by atoms with Crippen LogP contribution in [-0.4, -0.2) is 15.4 Å². The topological polar surface area (TPSA) is 9.23 Å². The summed E-state index contributed by atoms with van der Waals surface area (Å²) in [4.78, 5) is 0. The summed E-state index contributed by atoms with van der Waals surface area (Å²) in [7, 11) is 0.526. The number of allylic oxidation sites excluding steroid dienone is 4. The fourth-order valence-electron chi connectivity index (χ4n) is 1.43. The number of hydrogen-bond acceptors (Lipinski definition) is 1. The monoisotopic (exact) mass is 435 g/mol. The Labute approximate surface area is 125 Å². The van der Waals surface area contributed by atoms with Gasteiger partial charge in [-0.25, -0.2) is 11.6 Å². The molecule has 0 unspecified atom stereocenters. The van der Waals surface area contributed by atoms with E-state index in [1.807, 2.05) is 7.11 Å². The molecular weight excluding hydrogens is 407 g/mol. The minimum atomic E-state index is -1.31. The molecule has 1 nitrogen and oxygen atoms in total. The van der Waals surface area contributed by atoms with Crippen molar-refractivity contribution in [3.63, 3.8) is 0 Å². The van der Waals surface area contributed by atoms with E-state index in [4.69, 9.17) is 4.43 Å². The SMILES string of the molecule is CO[Si](C)(C)CCCC1=[C-]CC=C1.[CH3-].[CH3-].[CH3-].[Pt+4]. The third-order valence-corrected chi connectivity index (χ3v) is 5.21. The fraction of sp³-hybridized carbons (Fsp3) is 0.500. The predicted octanol–water partition coefficient (Wildman–Crippen LogP) is 4.66. The van der Waals surface area contributed by atoms with Gasteiger partial charge in [0.1, 0.15) is 0 Å². The Morgan fingerprint density at radius 3 is 2.29 bits per heavy atom. The largest absolute Gasteiger partial charge is 4.00 e. The van der Waals surface area contributed by atoms with E-state index in [9.17, 15) is 0 Å². The van der Waals surface area contributed by atoms with E-state index in [1.165, 1.54) is 24.5 Å². The van der Waals surface area contributed by atoms with Crippen LogP contribution in [0, 0.1) is 28.4 Å². The zero-order valence-corrected chi connectivity index (χ0v) is 15.5. The molecule has 0 N–H and O–H groups in total. The second-order valence-corrected chi connectivity index (χ2v) is 8.55. The smallest absolute Gasteiger partial charge is 0.420 e. The van der Waals surface area contributed by atoms with Crippen LogP contribution in [0.25, 0.3) is 0 Å². The van der Waals surface area contributed by atoms with Crippen LogP contribution in [-0.2, 0) is 25.5 Å². The van der Waals surface area contributed by atoms with Crippen molar-refractivity contribution in [3.8, 4) is 0 Å². The molecule has 0 amide bonds. The van der Waals surface area contributed by atoms with Gasteiger partial charge in [-0.15, -0.1) is 6.42 Å². The van der Waals surface area contributed by atoms with Crippen molar-refractivity contribution in [2.24, 2.45) is 0 Å². The maximum absolute atomic E-state index is 5.49. The minimum Gasteiger partial charge on any atom is -0.420 e. The molecule has 0 radical (unpaired) electrons. The predicted molar refractivity (Wildman–Crippen MR) is 78.3 cm³/mol. The minimum absolute atomic E-state index is 0. The summed E-state index contributed by atoms with van der Waals surface area (Å²) in [5, 5.41) is 0. The molecule has 1 aliphatic rings. The van der Waals surface area contributed by atoms with Crippen LogP contribution >= 0.6 is 0 Å². The Balaban J connectivity index is -0.000000211. The summed E-state index contributed by atoms with van der Waals surface area (Å²) < 4.78 is 5.49. The van der Waals surface area contributed by atoms with Crippen LogP contribution in [0.4, 0.5) is 0 Å². The van der Waals surface area contributed by atoms with Crippen molar-refractivity contribution in [3.05, 3.63) is 46.1 Å². The Bertz CT molecular complexity index is 222. The Morgan fingerprint density at radius 1 is 1.29 bits per heavy atom. The van der Waals surface area contributed by atoms with Gasteiger partial charge in [-0.1, -0.05) is 12.8 Å². The van der Waals surface area contributed by atoms with Crippen molar-refractivity contribution in [1.29, 1.82) is 0 Å². The first-order valence-electron chi connectivity index (χ1n) is 4.95. The van der Waals surface area contributed by atoms with Crippen LogP contribution in [0.3, 0.4) is 0 Å². The molecule has 17 heavy (non-hydrogen) atoms. The quantitative estimate of drug-likeness (QED) is 0.451. The number of rotatable bonds is 5. The van der Waals surface area contributed by atoms with Crippen molar-refractivity contribution in [1.82, 2.24) is 0 Å². The van der Waals surface area contributed by atoms with Gasteiger partial charge in [-0.2, -0.15) is 6.08 Å². The fourth-order valence-corrected chi connectivity index (χ4v) is 2.66. The first-order chi connectivity index (χ1) is 6.14. The van der Waals surface area contributed by atoms with Crippen LogP contribution < -0.4 is 0 Å². The summed E-state index contributed by atoms with van der Waals surface area (Å²) in [6.07, 6.45) is 11.2. The molecule has 3 heteroatoms. The molecule has 0 bridgehead atoms. The van der Waals surface area contributed by atoms with Gasteiger partial charge in [0.15, 0.2) is 8.32 Å². The van der Waals surface area contributed by atoms with E-state index in [-0.39, 0.29) is 43.3 Å².